The van der Waals surface area contributed by atoms with E-state index in [0.29, 0.717) is 0 Å². The predicted octanol–water partition coefficient (Wildman–Crippen LogP) is -0.988. The largest absolute Gasteiger partial charge is 0.385 e. The maximum Gasteiger partial charge on any atom is 0.351 e. The van der Waals surface area contributed by atoms with Crippen LogP contribution in [0.5, 0.6) is 0 Å². The fourth-order valence-electron chi connectivity index (χ4n) is 2.40. The first-order chi connectivity index (χ1) is 11.2. The van der Waals surface area contributed by atoms with Gasteiger partial charge < -0.3 is 34.7 Å². The first-order valence-corrected chi connectivity index (χ1v) is 8.47. The molecule has 1 fully saturated rings. The third-order valence-electron chi connectivity index (χ3n) is 3.43. The highest BCUT2D eigenvalue weighted by atomic mass is 31.2. The summed E-state index contributed by atoms with van der Waals surface area (Å²) in [6, 6.07) is 1.37. The van der Waals surface area contributed by atoms with Crippen LogP contribution >= 0.6 is 7.60 Å². The highest BCUT2D eigenvalue weighted by Gasteiger charge is 2.47. The van der Waals surface area contributed by atoms with E-state index in [-0.39, 0.29) is 17.0 Å². The average molecular weight is 364 g/mol. The second-order valence-electron chi connectivity index (χ2n) is 5.20. The molecule has 0 amide bonds. The molecule has 132 valence electrons. The van der Waals surface area contributed by atoms with E-state index in [9.17, 15) is 18.9 Å². The number of aliphatic hydroxyl groups excluding tert-OH is 1. The van der Waals surface area contributed by atoms with Crippen LogP contribution in [0.4, 0.5) is 10.3 Å². The number of aromatic amines is 1. The van der Waals surface area contributed by atoms with Crippen molar-refractivity contribution in [1.29, 1.82) is 0 Å². The summed E-state index contributed by atoms with van der Waals surface area (Å²) >= 11 is 0. The number of nitrogens with one attached hydrogen (secondary N) is 1. The van der Waals surface area contributed by atoms with E-state index in [2.05, 4.69) is 9.97 Å². The SMILES string of the molecule is Nc1nc2c(ccn2[C@@H]2O[C@H](OCP(=O)(O)O)C(O)[C@@H]2F)c(=O)[nH]1. The molecule has 0 radical (unpaired) electrons. The number of alkyl halides is 1. The zero-order valence-electron chi connectivity index (χ0n) is 11.9. The van der Waals surface area contributed by atoms with Gasteiger partial charge >= 0.3 is 7.60 Å². The molecular weight excluding hydrogens is 350 g/mol. The predicted molar refractivity (Wildman–Crippen MR) is 77.6 cm³/mol. The number of hydrogen-bond donors (Lipinski definition) is 5. The molecule has 2 aromatic rings. The van der Waals surface area contributed by atoms with E-state index in [1.165, 1.54) is 12.3 Å². The maximum atomic E-state index is 14.3. The molecule has 2 aromatic heterocycles. The molecule has 6 N–H and O–H groups in total. The lowest BCUT2D eigenvalue weighted by molar-refractivity contribution is -0.167. The van der Waals surface area contributed by atoms with Crippen LogP contribution in [0.15, 0.2) is 17.1 Å². The van der Waals surface area contributed by atoms with Crippen molar-refractivity contribution in [2.24, 2.45) is 0 Å². The summed E-state index contributed by atoms with van der Waals surface area (Å²) in [4.78, 5) is 35.5. The molecule has 3 heterocycles. The molecule has 1 saturated heterocycles. The molecule has 1 unspecified atom stereocenters. The highest BCUT2D eigenvalue weighted by molar-refractivity contribution is 7.51. The van der Waals surface area contributed by atoms with Gasteiger partial charge in [0.05, 0.1) is 5.39 Å². The minimum Gasteiger partial charge on any atom is -0.385 e. The van der Waals surface area contributed by atoms with Crippen molar-refractivity contribution in [2.75, 3.05) is 12.1 Å². The Hall–Kier alpha value is -1.82. The number of fused-ring (bicyclic) bond motifs is 1. The molecule has 0 spiro atoms. The molecule has 13 heteroatoms. The van der Waals surface area contributed by atoms with Gasteiger partial charge in [-0.25, -0.2) is 4.39 Å². The molecule has 0 saturated carbocycles. The molecule has 11 nitrogen and oxygen atoms in total. The van der Waals surface area contributed by atoms with Crippen LogP contribution in [-0.4, -0.2) is 54.3 Å². The molecule has 1 aliphatic heterocycles. The number of aliphatic hydroxyl groups is 1. The Morgan fingerprint density at radius 2 is 2.25 bits per heavy atom. The quantitative estimate of drug-likeness (QED) is 0.427. The number of rotatable bonds is 4. The summed E-state index contributed by atoms with van der Waals surface area (Å²) in [6.45, 7) is 0. The lowest BCUT2D eigenvalue weighted by Crippen LogP contribution is -2.30. The zero-order chi connectivity index (χ0) is 17.6. The Morgan fingerprint density at radius 1 is 1.54 bits per heavy atom. The monoisotopic (exact) mass is 364 g/mol. The number of H-pyrrole nitrogens is 1. The molecule has 24 heavy (non-hydrogen) atoms. The van der Waals surface area contributed by atoms with Crippen molar-refractivity contribution >= 4 is 24.6 Å². The third-order valence-corrected chi connectivity index (χ3v) is 3.92. The number of nitrogens with two attached hydrogens (primary N) is 1. The summed E-state index contributed by atoms with van der Waals surface area (Å²) < 4.78 is 36.2. The summed E-state index contributed by atoms with van der Waals surface area (Å²) in [7, 11) is -4.51. The smallest absolute Gasteiger partial charge is 0.351 e. The van der Waals surface area contributed by atoms with Crippen LogP contribution in [-0.2, 0) is 14.0 Å². The van der Waals surface area contributed by atoms with Crippen LogP contribution in [0.3, 0.4) is 0 Å². The minimum atomic E-state index is -4.51. The van der Waals surface area contributed by atoms with E-state index in [0.717, 1.165) is 4.57 Å². The van der Waals surface area contributed by atoms with Gasteiger partial charge in [-0.2, -0.15) is 4.98 Å². The fraction of sp³-hybridized carbons (Fsp3) is 0.455. The fourth-order valence-corrected chi connectivity index (χ4v) is 2.75. The summed E-state index contributed by atoms with van der Waals surface area (Å²) in [6.07, 6.45) is -6.47. The normalized spacial score (nSPS) is 27.8. The number of nitrogens with zero attached hydrogens (tertiary/aromatic N) is 2. The second-order valence-corrected chi connectivity index (χ2v) is 6.79. The summed E-state index contributed by atoms with van der Waals surface area (Å²) in [5, 5.41) is 9.93. The van der Waals surface area contributed by atoms with Gasteiger partial charge in [-0.1, -0.05) is 0 Å². The first kappa shape index (κ1) is 17.0. The van der Waals surface area contributed by atoms with Gasteiger partial charge in [0.25, 0.3) is 5.56 Å². The summed E-state index contributed by atoms with van der Waals surface area (Å²) in [5.41, 5.74) is 4.97. The van der Waals surface area contributed by atoms with Crippen molar-refractivity contribution in [3.8, 4) is 0 Å². The maximum absolute atomic E-state index is 14.3. The Labute approximate surface area is 133 Å². The van der Waals surface area contributed by atoms with E-state index in [4.69, 9.17) is 25.0 Å². The number of halogens is 1. The zero-order valence-corrected chi connectivity index (χ0v) is 12.8. The Morgan fingerprint density at radius 3 is 2.92 bits per heavy atom. The second kappa shape index (κ2) is 5.92. The Bertz CT molecular complexity index is 864. The van der Waals surface area contributed by atoms with Crippen molar-refractivity contribution in [2.45, 2.75) is 24.8 Å². The van der Waals surface area contributed by atoms with Gasteiger partial charge in [-0.3, -0.25) is 14.3 Å². The van der Waals surface area contributed by atoms with Gasteiger partial charge in [0.2, 0.25) is 5.95 Å². The number of aromatic nitrogens is 3. The number of anilines is 1. The molecular formula is C11H14FN4O7P. The van der Waals surface area contributed by atoms with E-state index in [1.54, 1.807) is 0 Å². The molecule has 1 aliphatic rings. The third kappa shape index (κ3) is 3.07. The van der Waals surface area contributed by atoms with Crippen LogP contribution < -0.4 is 11.3 Å². The van der Waals surface area contributed by atoms with Gasteiger partial charge in [0.15, 0.2) is 30.7 Å². The van der Waals surface area contributed by atoms with Crippen LogP contribution in [0.1, 0.15) is 6.23 Å². The van der Waals surface area contributed by atoms with Gasteiger partial charge in [0.1, 0.15) is 6.10 Å². The van der Waals surface area contributed by atoms with Crippen LogP contribution in [0, 0.1) is 0 Å². The Kier molecular flexibility index (Phi) is 4.20. The van der Waals surface area contributed by atoms with Crippen LogP contribution in [0.25, 0.3) is 11.0 Å². The first-order valence-electron chi connectivity index (χ1n) is 6.67. The molecule has 0 aliphatic carbocycles. The van der Waals surface area contributed by atoms with Gasteiger partial charge in [-0.05, 0) is 6.07 Å². The molecule has 0 aromatic carbocycles. The van der Waals surface area contributed by atoms with Crippen molar-refractivity contribution in [3.05, 3.63) is 22.6 Å². The number of ether oxygens (including phenoxy) is 2. The van der Waals surface area contributed by atoms with Gasteiger partial charge in [-0.15, -0.1) is 0 Å². The van der Waals surface area contributed by atoms with Crippen molar-refractivity contribution in [1.82, 2.24) is 14.5 Å². The van der Waals surface area contributed by atoms with Crippen molar-refractivity contribution in [3.63, 3.8) is 0 Å². The highest BCUT2D eigenvalue weighted by Crippen LogP contribution is 2.39. The number of nitrogen functional groups attached to an aromatic ring is 1. The molecule has 0 bridgehead atoms. The lowest BCUT2D eigenvalue weighted by Gasteiger charge is -2.16. The van der Waals surface area contributed by atoms with E-state index < -0.39 is 44.3 Å². The molecule has 3 rings (SSSR count). The van der Waals surface area contributed by atoms with Crippen molar-refractivity contribution < 1.29 is 33.3 Å². The van der Waals surface area contributed by atoms with E-state index >= 15 is 0 Å². The Balaban J connectivity index is 1.90. The standard InChI is InChI=1S/C11H14FN4O7P/c12-5-6(17)10(22-3-24(19,20)21)23-9(5)16-2-1-4-7(16)14-11(13)15-8(4)18/h1-2,5-6,9-10,17H,3H2,(H2,19,20,21)(H3,13,14,15,18)/t5-,6?,9+,10-/m0/s1. The lowest BCUT2D eigenvalue weighted by atomic mass is 10.2. The molecule has 4 atom stereocenters. The van der Waals surface area contributed by atoms with E-state index in [1.807, 2.05) is 0 Å². The average Bonchev–Trinajstić information content (AvgIpc) is 3.00. The van der Waals surface area contributed by atoms with Gasteiger partial charge in [0, 0.05) is 6.20 Å². The minimum absolute atomic E-state index is 0.0340. The topological polar surface area (TPSA) is 173 Å². The van der Waals surface area contributed by atoms with Crippen LogP contribution in [0.2, 0.25) is 0 Å². The summed E-state index contributed by atoms with van der Waals surface area (Å²) in [5.74, 6) is -0.185. The number of hydrogen-bond acceptors (Lipinski definition) is 7.